The lowest BCUT2D eigenvalue weighted by atomic mass is 10.3. The van der Waals surface area contributed by atoms with E-state index < -0.39 is 6.36 Å². The zero-order valence-electron chi connectivity index (χ0n) is 7.15. The van der Waals surface area contributed by atoms with Gasteiger partial charge in [0.15, 0.2) is 0 Å². The summed E-state index contributed by atoms with van der Waals surface area (Å²) < 4.78 is 39.0. The Morgan fingerprint density at radius 1 is 1.36 bits per heavy atom. The number of anilines is 1. The maximum absolute atomic E-state index is 11.8. The molecule has 0 fully saturated rings. The first-order chi connectivity index (χ1) is 6.42. The van der Waals surface area contributed by atoms with E-state index in [4.69, 9.17) is 11.6 Å². The zero-order chi connectivity index (χ0) is 10.8. The van der Waals surface area contributed by atoms with Crippen LogP contribution in [0.2, 0.25) is 5.02 Å². The van der Waals surface area contributed by atoms with Crippen molar-refractivity contribution >= 4 is 17.3 Å². The van der Waals surface area contributed by atoms with Crippen LogP contribution in [0.4, 0.5) is 18.9 Å². The minimum Gasteiger partial charge on any atom is -0.406 e. The first kappa shape index (κ1) is 11.0. The molecule has 0 amide bonds. The highest BCUT2D eigenvalue weighted by atomic mass is 35.5. The van der Waals surface area contributed by atoms with Crippen molar-refractivity contribution in [1.29, 1.82) is 0 Å². The number of rotatable bonds is 2. The van der Waals surface area contributed by atoms with Gasteiger partial charge in [-0.2, -0.15) is 0 Å². The smallest absolute Gasteiger partial charge is 0.406 e. The Morgan fingerprint density at radius 2 is 2.00 bits per heavy atom. The first-order valence-electron chi connectivity index (χ1n) is 3.65. The molecule has 1 rings (SSSR count). The third kappa shape index (κ3) is 2.99. The third-order valence-corrected chi connectivity index (χ3v) is 1.76. The van der Waals surface area contributed by atoms with E-state index in [9.17, 15) is 13.2 Å². The van der Waals surface area contributed by atoms with Crippen molar-refractivity contribution in [2.45, 2.75) is 6.36 Å². The van der Waals surface area contributed by atoms with Crippen molar-refractivity contribution in [1.82, 2.24) is 0 Å². The molecule has 0 radical (unpaired) electrons. The molecule has 0 aromatic heterocycles. The van der Waals surface area contributed by atoms with Crippen molar-refractivity contribution < 1.29 is 17.9 Å². The minimum atomic E-state index is -4.69. The summed E-state index contributed by atoms with van der Waals surface area (Å²) in [5.41, 5.74) is 0.543. The molecule has 6 heteroatoms. The van der Waals surface area contributed by atoms with Gasteiger partial charge >= 0.3 is 6.36 Å². The molecule has 14 heavy (non-hydrogen) atoms. The van der Waals surface area contributed by atoms with Gasteiger partial charge in [0.1, 0.15) is 5.75 Å². The van der Waals surface area contributed by atoms with Crippen molar-refractivity contribution in [3.05, 3.63) is 23.2 Å². The molecule has 78 valence electrons. The van der Waals surface area contributed by atoms with Crippen LogP contribution in [0.3, 0.4) is 0 Å². The lowest BCUT2D eigenvalue weighted by molar-refractivity contribution is -0.274. The van der Waals surface area contributed by atoms with Crippen LogP contribution >= 0.6 is 11.6 Å². The number of benzene rings is 1. The second-order valence-electron chi connectivity index (χ2n) is 2.44. The van der Waals surface area contributed by atoms with Gasteiger partial charge < -0.3 is 10.1 Å². The quantitative estimate of drug-likeness (QED) is 0.834. The number of alkyl halides is 3. The van der Waals surface area contributed by atoms with Crippen LogP contribution in [0.5, 0.6) is 5.75 Å². The van der Waals surface area contributed by atoms with E-state index in [0.717, 1.165) is 6.07 Å². The number of hydrogen-bond donors (Lipinski definition) is 1. The molecule has 0 saturated heterocycles. The van der Waals surface area contributed by atoms with E-state index in [1.165, 1.54) is 12.1 Å². The molecule has 0 unspecified atom stereocenters. The predicted molar refractivity (Wildman–Crippen MR) is 47.7 cm³/mol. The summed E-state index contributed by atoms with van der Waals surface area (Å²) in [7, 11) is 1.62. The molecule has 0 aliphatic carbocycles. The van der Waals surface area contributed by atoms with Crippen molar-refractivity contribution in [3.8, 4) is 5.75 Å². The molecule has 0 aliphatic heterocycles. The monoisotopic (exact) mass is 225 g/mol. The fourth-order valence-electron chi connectivity index (χ4n) is 0.896. The summed E-state index contributed by atoms with van der Waals surface area (Å²) >= 11 is 5.65. The molecule has 0 aliphatic rings. The third-order valence-electron chi connectivity index (χ3n) is 1.44. The molecule has 0 bridgehead atoms. The van der Waals surface area contributed by atoms with Crippen LogP contribution < -0.4 is 10.1 Å². The zero-order valence-corrected chi connectivity index (χ0v) is 7.91. The molecule has 2 nitrogen and oxygen atoms in total. The average Bonchev–Trinajstić information content (AvgIpc) is 2.01. The number of ether oxygens (including phenoxy) is 1. The predicted octanol–water partition coefficient (Wildman–Crippen LogP) is 3.28. The fourth-order valence-corrected chi connectivity index (χ4v) is 1.16. The van der Waals surface area contributed by atoms with Crippen LogP contribution in [0, 0.1) is 0 Å². The standard InChI is InChI=1S/C8H7ClF3NO/c1-13-7-3-2-5(4-6(7)9)14-8(10,11)12/h2-4,13H,1H3. The van der Waals surface area contributed by atoms with Crippen molar-refractivity contribution in [2.75, 3.05) is 12.4 Å². The topological polar surface area (TPSA) is 21.3 Å². The fraction of sp³-hybridized carbons (Fsp3) is 0.250. The van der Waals surface area contributed by atoms with Crippen LogP contribution in [0.25, 0.3) is 0 Å². The maximum Gasteiger partial charge on any atom is 0.573 e. The van der Waals surface area contributed by atoms with E-state index in [0.29, 0.717) is 5.69 Å². The number of halogens is 4. The summed E-state index contributed by atoms with van der Waals surface area (Å²) in [6, 6.07) is 3.69. The number of hydrogen-bond acceptors (Lipinski definition) is 2. The Labute approximate surface area is 83.6 Å². The Balaban J connectivity index is 2.87. The van der Waals surface area contributed by atoms with Gasteiger partial charge in [-0.25, -0.2) is 0 Å². The van der Waals surface area contributed by atoms with Crippen molar-refractivity contribution in [3.63, 3.8) is 0 Å². The normalized spacial score (nSPS) is 11.2. The Morgan fingerprint density at radius 3 is 2.43 bits per heavy atom. The number of nitrogens with one attached hydrogen (secondary N) is 1. The summed E-state index contributed by atoms with van der Waals surface area (Å²) in [6.45, 7) is 0. The Kier molecular flexibility index (Phi) is 3.10. The summed E-state index contributed by atoms with van der Waals surface area (Å²) in [4.78, 5) is 0. The van der Waals surface area contributed by atoms with Crippen molar-refractivity contribution in [2.24, 2.45) is 0 Å². The van der Waals surface area contributed by atoms with E-state index in [-0.39, 0.29) is 10.8 Å². The summed E-state index contributed by atoms with van der Waals surface area (Å²) in [5, 5.41) is 2.89. The lowest BCUT2D eigenvalue weighted by Crippen LogP contribution is -2.17. The molecule has 1 N–H and O–H groups in total. The molecule has 0 spiro atoms. The van der Waals surface area contributed by atoms with Crippen LogP contribution in [0.15, 0.2) is 18.2 Å². The van der Waals surface area contributed by atoms with Gasteiger partial charge in [-0.3, -0.25) is 0 Å². The lowest BCUT2D eigenvalue weighted by Gasteiger charge is -2.10. The highest BCUT2D eigenvalue weighted by Gasteiger charge is 2.31. The van der Waals surface area contributed by atoms with E-state index in [1.807, 2.05) is 0 Å². The highest BCUT2D eigenvalue weighted by molar-refractivity contribution is 6.33. The molecular weight excluding hydrogens is 219 g/mol. The largest absolute Gasteiger partial charge is 0.573 e. The first-order valence-corrected chi connectivity index (χ1v) is 4.03. The van der Waals surface area contributed by atoms with E-state index >= 15 is 0 Å². The van der Waals surface area contributed by atoms with Gasteiger partial charge in [0.05, 0.1) is 10.7 Å². The van der Waals surface area contributed by atoms with Gasteiger partial charge in [-0.1, -0.05) is 11.6 Å². The van der Waals surface area contributed by atoms with E-state index in [2.05, 4.69) is 10.1 Å². The summed E-state index contributed by atoms with van der Waals surface area (Å²) in [6.07, 6.45) is -4.69. The van der Waals surface area contributed by atoms with Crippen LogP contribution in [0.1, 0.15) is 0 Å². The van der Waals surface area contributed by atoms with E-state index in [1.54, 1.807) is 7.05 Å². The Hall–Kier alpha value is -1.10. The molecule has 0 atom stereocenters. The molecule has 1 aromatic rings. The average molecular weight is 226 g/mol. The second-order valence-corrected chi connectivity index (χ2v) is 2.85. The molecule has 0 saturated carbocycles. The minimum absolute atomic E-state index is 0.175. The molecule has 1 aromatic carbocycles. The van der Waals surface area contributed by atoms with Gasteiger partial charge in [-0.15, -0.1) is 13.2 Å². The maximum atomic E-state index is 11.8. The second kappa shape index (κ2) is 3.96. The molecular formula is C8H7ClF3NO. The highest BCUT2D eigenvalue weighted by Crippen LogP contribution is 2.29. The summed E-state index contributed by atoms with van der Waals surface area (Å²) in [5.74, 6) is -0.332. The van der Waals surface area contributed by atoms with Gasteiger partial charge in [0, 0.05) is 13.1 Å². The Bertz CT molecular complexity index is 327. The van der Waals surface area contributed by atoms with Gasteiger partial charge in [0.25, 0.3) is 0 Å². The van der Waals surface area contributed by atoms with Gasteiger partial charge in [0.2, 0.25) is 0 Å². The molecule has 0 heterocycles. The van der Waals surface area contributed by atoms with Gasteiger partial charge in [-0.05, 0) is 12.1 Å². The van der Waals surface area contributed by atoms with Crippen LogP contribution in [-0.4, -0.2) is 13.4 Å². The SMILES string of the molecule is CNc1ccc(OC(F)(F)F)cc1Cl. The van der Waals surface area contributed by atoms with Crippen LogP contribution in [-0.2, 0) is 0 Å².